The molecule has 0 radical (unpaired) electrons. The molecule has 5 rings (SSSR count). The lowest BCUT2D eigenvalue weighted by Gasteiger charge is -2.21. The zero-order chi connectivity index (χ0) is 24.5. The quantitative estimate of drug-likeness (QED) is 0.341. The second-order valence-electron chi connectivity index (χ2n) is 8.35. The van der Waals surface area contributed by atoms with E-state index in [0.29, 0.717) is 22.3 Å². The molecule has 0 fully saturated rings. The van der Waals surface area contributed by atoms with Crippen LogP contribution in [0.25, 0.3) is 22.1 Å². The normalized spacial score (nSPS) is 13.1. The lowest BCUT2D eigenvalue weighted by atomic mass is 9.95. The molecule has 1 heterocycles. The summed E-state index contributed by atoms with van der Waals surface area (Å²) in [6, 6.07) is 20.9. The maximum atomic E-state index is 13.6. The average Bonchev–Trinajstić information content (AvgIpc) is 3.21. The Morgan fingerprint density at radius 3 is 2.23 bits per heavy atom. The minimum Gasteiger partial charge on any atom is -0.497 e. The van der Waals surface area contributed by atoms with Crippen LogP contribution in [0.1, 0.15) is 22.6 Å². The largest absolute Gasteiger partial charge is 0.497 e. The summed E-state index contributed by atoms with van der Waals surface area (Å²) < 4.78 is 15.5. The lowest BCUT2D eigenvalue weighted by Crippen LogP contribution is -2.45. The van der Waals surface area contributed by atoms with E-state index >= 15 is 0 Å². The molecule has 0 aliphatic heterocycles. The molecular weight excluding hydrogens is 446 g/mol. The maximum absolute atomic E-state index is 13.6. The summed E-state index contributed by atoms with van der Waals surface area (Å²) in [6.45, 7) is 0. The lowest BCUT2D eigenvalue weighted by molar-refractivity contribution is -0.145. The molecule has 1 amide bonds. The van der Waals surface area contributed by atoms with Gasteiger partial charge in [0.25, 0.3) is 0 Å². The van der Waals surface area contributed by atoms with E-state index in [0.717, 1.165) is 22.3 Å². The van der Waals surface area contributed by atoms with Crippen LogP contribution in [-0.4, -0.2) is 32.1 Å². The highest BCUT2D eigenvalue weighted by Crippen LogP contribution is 2.44. The number of amides is 1. The first-order valence-corrected chi connectivity index (χ1v) is 11.2. The van der Waals surface area contributed by atoms with E-state index in [1.54, 1.807) is 18.2 Å². The molecule has 3 aromatic carbocycles. The Balaban J connectivity index is 1.49. The minimum absolute atomic E-state index is 0.0584. The van der Waals surface area contributed by atoms with Gasteiger partial charge in [0.05, 0.1) is 20.1 Å². The molecule has 7 heteroatoms. The van der Waals surface area contributed by atoms with Crippen LogP contribution in [0.2, 0.25) is 0 Å². The molecule has 4 aromatic rings. The molecule has 1 aromatic heterocycles. The number of carbonyl (C=O) groups excluding carboxylic acids is 2. The summed E-state index contributed by atoms with van der Waals surface area (Å²) >= 11 is 0. The molecule has 0 spiro atoms. The molecule has 0 saturated carbocycles. The van der Waals surface area contributed by atoms with Gasteiger partial charge in [0.2, 0.25) is 5.91 Å². The van der Waals surface area contributed by atoms with Crippen LogP contribution in [-0.2, 0) is 20.7 Å². The van der Waals surface area contributed by atoms with E-state index in [1.807, 2.05) is 48.5 Å². The number of hydrogen-bond acceptors (Lipinski definition) is 6. The van der Waals surface area contributed by atoms with Crippen LogP contribution in [0, 0.1) is 0 Å². The van der Waals surface area contributed by atoms with Crippen molar-refractivity contribution in [3.05, 3.63) is 99.9 Å². The SMILES string of the molecule is COC(=O)[C@H](Cc1cc(=O)oc2cc(OC)ccc12)NC(=O)C1c2ccccc2-c2ccccc21. The Morgan fingerprint density at radius 2 is 1.60 bits per heavy atom. The van der Waals surface area contributed by atoms with E-state index < -0.39 is 23.6 Å². The van der Waals surface area contributed by atoms with Crippen LogP contribution in [0.5, 0.6) is 5.75 Å². The number of methoxy groups -OCH3 is 2. The Labute approximate surface area is 201 Å². The zero-order valence-corrected chi connectivity index (χ0v) is 19.2. The number of ether oxygens (including phenoxy) is 2. The highest BCUT2D eigenvalue weighted by Gasteiger charge is 2.35. The van der Waals surface area contributed by atoms with Crippen molar-refractivity contribution in [2.24, 2.45) is 0 Å². The van der Waals surface area contributed by atoms with Gasteiger partial charge >= 0.3 is 11.6 Å². The molecule has 0 unspecified atom stereocenters. The molecule has 35 heavy (non-hydrogen) atoms. The summed E-state index contributed by atoms with van der Waals surface area (Å²) in [6.07, 6.45) is 0.0584. The van der Waals surface area contributed by atoms with Crippen molar-refractivity contribution in [3.8, 4) is 16.9 Å². The number of nitrogens with one attached hydrogen (secondary N) is 1. The summed E-state index contributed by atoms with van der Waals surface area (Å²) in [5.74, 6) is -0.940. The van der Waals surface area contributed by atoms with E-state index in [-0.39, 0.29) is 12.3 Å². The fourth-order valence-electron chi connectivity index (χ4n) is 4.75. The van der Waals surface area contributed by atoms with Gasteiger partial charge in [-0.15, -0.1) is 0 Å². The number of esters is 1. The highest BCUT2D eigenvalue weighted by molar-refractivity contribution is 5.98. The van der Waals surface area contributed by atoms with Gasteiger partial charge in [0.15, 0.2) is 0 Å². The molecular formula is C28H23NO6. The monoisotopic (exact) mass is 469 g/mol. The van der Waals surface area contributed by atoms with Crippen molar-refractivity contribution in [1.29, 1.82) is 0 Å². The van der Waals surface area contributed by atoms with E-state index in [4.69, 9.17) is 13.9 Å². The van der Waals surface area contributed by atoms with Crippen molar-refractivity contribution in [2.75, 3.05) is 14.2 Å². The van der Waals surface area contributed by atoms with Gasteiger partial charge in [0, 0.05) is 23.9 Å². The van der Waals surface area contributed by atoms with Gasteiger partial charge in [0.1, 0.15) is 17.4 Å². The summed E-state index contributed by atoms with van der Waals surface area (Å²) in [5, 5.41) is 3.52. The van der Waals surface area contributed by atoms with Crippen molar-refractivity contribution in [3.63, 3.8) is 0 Å². The third-order valence-electron chi connectivity index (χ3n) is 6.36. The zero-order valence-electron chi connectivity index (χ0n) is 19.2. The molecule has 0 saturated heterocycles. The van der Waals surface area contributed by atoms with Crippen LogP contribution >= 0.6 is 0 Å². The third kappa shape index (κ3) is 4.05. The van der Waals surface area contributed by atoms with Crippen molar-refractivity contribution in [2.45, 2.75) is 18.4 Å². The first-order chi connectivity index (χ1) is 17.0. The number of benzene rings is 3. The standard InChI is InChI=1S/C28H23NO6/c1-33-17-11-12-18-16(14-25(30)35-24(18)15-17)13-23(28(32)34-2)29-27(31)26-21-9-5-3-7-19(21)20-8-4-6-10-22(20)26/h3-12,14-15,23,26H,13H2,1-2H3,(H,29,31)/t23-/m0/s1. The summed E-state index contributed by atoms with van der Waals surface area (Å²) in [5.41, 5.74) is 4.09. The van der Waals surface area contributed by atoms with E-state index in [9.17, 15) is 14.4 Å². The highest BCUT2D eigenvalue weighted by atomic mass is 16.5. The van der Waals surface area contributed by atoms with Gasteiger partial charge in [-0.1, -0.05) is 48.5 Å². The topological polar surface area (TPSA) is 94.8 Å². The van der Waals surface area contributed by atoms with Crippen molar-refractivity contribution in [1.82, 2.24) is 5.32 Å². The predicted octanol–water partition coefficient (Wildman–Crippen LogP) is 3.81. The molecule has 1 aliphatic carbocycles. The van der Waals surface area contributed by atoms with Crippen molar-refractivity contribution >= 4 is 22.8 Å². The number of hydrogen-bond donors (Lipinski definition) is 1. The van der Waals surface area contributed by atoms with Crippen LogP contribution in [0.4, 0.5) is 0 Å². The molecule has 1 atom stereocenters. The summed E-state index contributed by atoms with van der Waals surface area (Å²) in [4.78, 5) is 38.5. The van der Waals surface area contributed by atoms with Crippen LogP contribution in [0.3, 0.4) is 0 Å². The van der Waals surface area contributed by atoms with Gasteiger partial charge in [-0.05, 0) is 39.9 Å². The van der Waals surface area contributed by atoms with Gasteiger partial charge in [-0.2, -0.15) is 0 Å². The first kappa shape index (κ1) is 22.4. The Morgan fingerprint density at radius 1 is 0.943 bits per heavy atom. The molecule has 1 aliphatic rings. The van der Waals surface area contributed by atoms with Gasteiger partial charge in [-0.3, -0.25) is 4.79 Å². The predicted molar refractivity (Wildman–Crippen MR) is 130 cm³/mol. The van der Waals surface area contributed by atoms with Gasteiger partial charge in [-0.25, -0.2) is 9.59 Å². The second kappa shape index (κ2) is 9.10. The molecule has 1 N–H and O–H groups in total. The number of rotatable bonds is 6. The smallest absolute Gasteiger partial charge is 0.336 e. The Hall–Kier alpha value is -4.39. The number of carbonyl (C=O) groups is 2. The Kier molecular flexibility index (Phi) is 5.82. The van der Waals surface area contributed by atoms with Crippen LogP contribution in [0.15, 0.2) is 82.0 Å². The minimum atomic E-state index is -1.00. The Bertz CT molecular complexity index is 1460. The second-order valence-corrected chi connectivity index (χ2v) is 8.35. The summed E-state index contributed by atoms with van der Waals surface area (Å²) in [7, 11) is 2.79. The first-order valence-electron chi connectivity index (χ1n) is 11.2. The average molecular weight is 469 g/mol. The third-order valence-corrected chi connectivity index (χ3v) is 6.36. The molecule has 176 valence electrons. The fraction of sp³-hybridized carbons (Fsp3) is 0.179. The van der Waals surface area contributed by atoms with Gasteiger partial charge < -0.3 is 19.2 Å². The van der Waals surface area contributed by atoms with E-state index in [2.05, 4.69) is 5.32 Å². The fourth-order valence-corrected chi connectivity index (χ4v) is 4.75. The molecule has 0 bridgehead atoms. The van der Waals surface area contributed by atoms with E-state index in [1.165, 1.54) is 20.3 Å². The van der Waals surface area contributed by atoms with Crippen molar-refractivity contribution < 1.29 is 23.5 Å². The van der Waals surface area contributed by atoms with Crippen LogP contribution < -0.4 is 15.7 Å². The number of fused-ring (bicyclic) bond motifs is 4. The maximum Gasteiger partial charge on any atom is 0.336 e. The molecule has 7 nitrogen and oxygen atoms in total.